The first-order chi connectivity index (χ1) is 12.3. The van der Waals surface area contributed by atoms with Crippen molar-refractivity contribution in [3.8, 4) is 0 Å². The Balaban J connectivity index is 0.000000350. The van der Waals surface area contributed by atoms with Crippen molar-refractivity contribution in [2.45, 2.75) is 38.1 Å². The topological polar surface area (TPSA) is 177 Å². The van der Waals surface area contributed by atoms with Crippen LogP contribution in [0.1, 0.15) is 40.9 Å². The number of likely N-dealkylation sites (N-methyl/N-ethyl adjacent to an activating group) is 1. The second kappa shape index (κ2) is 9.70. The Morgan fingerprint density at radius 1 is 1.22 bits per heavy atom. The van der Waals surface area contributed by atoms with Crippen molar-refractivity contribution >= 4 is 28.7 Å². The fourth-order valence-corrected chi connectivity index (χ4v) is 3.03. The molecule has 1 heterocycles. The van der Waals surface area contributed by atoms with Gasteiger partial charge in [-0.2, -0.15) is 0 Å². The van der Waals surface area contributed by atoms with E-state index >= 15 is 0 Å². The Morgan fingerprint density at radius 3 is 2.37 bits per heavy atom. The SMILES string of the molecule is CNC1CCc2[nH]c3ccc(C(N)=O)cc3c2C1.O.O=C(O)CCC(=O)O. The number of carbonyl (C=O) groups excluding carboxylic acids is 1. The van der Waals surface area contributed by atoms with Gasteiger partial charge in [-0.1, -0.05) is 0 Å². The van der Waals surface area contributed by atoms with Crippen molar-refractivity contribution in [1.29, 1.82) is 0 Å². The highest BCUT2D eigenvalue weighted by Crippen LogP contribution is 2.29. The van der Waals surface area contributed by atoms with Gasteiger partial charge in [-0.15, -0.1) is 0 Å². The molecule has 148 valence electrons. The molecule has 1 aliphatic rings. The fourth-order valence-electron chi connectivity index (χ4n) is 3.03. The number of amides is 1. The molecule has 1 aromatic heterocycles. The molecule has 3 rings (SSSR count). The summed E-state index contributed by atoms with van der Waals surface area (Å²) in [6, 6.07) is 6.16. The summed E-state index contributed by atoms with van der Waals surface area (Å²) < 4.78 is 0. The summed E-state index contributed by atoms with van der Waals surface area (Å²) in [7, 11) is 2.00. The van der Waals surface area contributed by atoms with Gasteiger partial charge in [-0.3, -0.25) is 14.4 Å². The van der Waals surface area contributed by atoms with Crippen LogP contribution in [0.3, 0.4) is 0 Å². The van der Waals surface area contributed by atoms with Gasteiger partial charge in [0.2, 0.25) is 5.91 Å². The third-order valence-corrected chi connectivity index (χ3v) is 4.43. The number of rotatable bonds is 5. The van der Waals surface area contributed by atoms with Gasteiger partial charge in [0, 0.05) is 28.2 Å². The minimum absolute atomic E-state index is 0. The molecule has 1 aromatic carbocycles. The number of aromatic amines is 1. The zero-order chi connectivity index (χ0) is 19.3. The van der Waals surface area contributed by atoms with Crippen LogP contribution in [-0.2, 0) is 22.4 Å². The van der Waals surface area contributed by atoms with Crippen LogP contribution in [0.25, 0.3) is 10.9 Å². The molecule has 1 unspecified atom stereocenters. The van der Waals surface area contributed by atoms with Crippen molar-refractivity contribution in [2.24, 2.45) is 5.73 Å². The first-order valence-electron chi connectivity index (χ1n) is 8.36. The van der Waals surface area contributed by atoms with Crippen LogP contribution in [0.15, 0.2) is 18.2 Å². The standard InChI is InChI=1S/C14H17N3O.C4H6O4.H2O/c1-16-9-3-5-13-11(7-9)10-6-8(14(15)18)2-4-12(10)17-13;5-3(6)1-2-4(7)8;/h2,4,6,9,16-17H,3,5,7H2,1H3,(H2,15,18);1-2H2,(H,5,6)(H,7,8);1H2. The number of benzene rings is 1. The number of fused-ring (bicyclic) bond motifs is 3. The molecule has 1 atom stereocenters. The van der Waals surface area contributed by atoms with E-state index < -0.39 is 11.9 Å². The lowest BCUT2D eigenvalue weighted by atomic mass is 9.91. The molecule has 8 N–H and O–H groups in total. The van der Waals surface area contributed by atoms with Crippen molar-refractivity contribution in [3.05, 3.63) is 35.0 Å². The van der Waals surface area contributed by atoms with Crippen molar-refractivity contribution in [3.63, 3.8) is 0 Å². The number of H-pyrrole nitrogens is 1. The molecule has 9 heteroatoms. The second-order valence-corrected chi connectivity index (χ2v) is 6.22. The van der Waals surface area contributed by atoms with Crippen LogP contribution in [-0.4, -0.2) is 51.6 Å². The van der Waals surface area contributed by atoms with E-state index in [1.54, 1.807) is 6.07 Å². The first kappa shape index (κ1) is 22.1. The lowest BCUT2D eigenvalue weighted by Crippen LogP contribution is -2.31. The zero-order valence-electron chi connectivity index (χ0n) is 15.0. The number of primary amides is 1. The number of hydrogen-bond acceptors (Lipinski definition) is 4. The predicted molar refractivity (Wildman–Crippen MR) is 99.8 cm³/mol. The fraction of sp³-hybridized carbons (Fsp3) is 0.389. The molecule has 27 heavy (non-hydrogen) atoms. The Bertz CT molecular complexity index is 816. The minimum Gasteiger partial charge on any atom is -0.481 e. The third kappa shape index (κ3) is 5.80. The summed E-state index contributed by atoms with van der Waals surface area (Å²) in [5.74, 6) is -2.52. The normalized spacial score (nSPS) is 15.1. The number of aryl methyl sites for hydroxylation is 1. The highest BCUT2D eigenvalue weighted by Gasteiger charge is 2.21. The summed E-state index contributed by atoms with van der Waals surface area (Å²) in [5.41, 5.74) is 9.66. The zero-order valence-corrected chi connectivity index (χ0v) is 15.0. The largest absolute Gasteiger partial charge is 0.481 e. The smallest absolute Gasteiger partial charge is 0.303 e. The number of nitrogens with one attached hydrogen (secondary N) is 2. The molecule has 0 radical (unpaired) electrons. The lowest BCUT2D eigenvalue weighted by Gasteiger charge is -2.21. The van der Waals surface area contributed by atoms with E-state index in [9.17, 15) is 14.4 Å². The van der Waals surface area contributed by atoms with Crippen LogP contribution < -0.4 is 11.1 Å². The average Bonchev–Trinajstić information content (AvgIpc) is 2.97. The number of aliphatic carboxylic acids is 2. The van der Waals surface area contributed by atoms with E-state index in [1.807, 2.05) is 19.2 Å². The highest BCUT2D eigenvalue weighted by atomic mass is 16.4. The number of carbonyl (C=O) groups is 3. The van der Waals surface area contributed by atoms with Crippen LogP contribution in [0.5, 0.6) is 0 Å². The first-order valence-corrected chi connectivity index (χ1v) is 8.36. The molecule has 0 saturated heterocycles. The highest BCUT2D eigenvalue weighted by molar-refractivity contribution is 5.98. The van der Waals surface area contributed by atoms with E-state index in [4.69, 9.17) is 15.9 Å². The van der Waals surface area contributed by atoms with E-state index in [0.29, 0.717) is 11.6 Å². The number of nitrogens with two attached hydrogens (primary N) is 1. The van der Waals surface area contributed by atoms with Crippen LogP contribution in [0.4, 0.5) is 0 Å². The number of hydrogen-bond donors (Lipinski definition) is 5. The van der Waals surface area contributed by atoms with Gasteiger partial charge < -0.3 is 31.7 Å². The summed E-state index contributed by atoms with van der Waals surface area (Å²) in [5, 5.41) is 20.3. The summed E-state index contributed by atoms with van der Waals surface area (Å²) in [6.45, 7) is 0. The van der Waals surface area contributed by atoms with E-state index in [0.717, 1.165) is 30.2 Å². The maximum absolute atomic E-state index is 11.3. The summed E-state index contributed by atoms with van der Waals surface area (Å²) in [6.07, 6.45) is 2.62. The third-order valence-electron chi connectivity index (χ3n) is 4.43. The van der Waals surface area contributed by atoms with Crippen molar-refractivity contribution in [2.75, 3.05) is 7.05 Å². The minimum atomic E-state index is -1.08. The molecule has 0 saturated carbocycles. The number of carboxylic acid groups (broad SMARTS) is 2. The lowest BCUT2D eigenvalue weighted by molar-refractivity contribution is -0.143. The van der Waals surface area contributed by atoms with Crippen molar-refractivity contribution < 1.29 is 30.1 Å². The predicted octanol–water partition coefficient (Wildman–Crippen LogP) is 0.455. The van der Waals surface area contributed by atoms with Gasteiger partial charge in [0.15, 0.2) is 0 Å². The molecule has 1 aliphatic carbocycles. The molecule has 0 spiro atoms. The maximum Gasteiger partial charge on any atom is 0.303 e. The second-order valence-electron chi connectivity index (χ2n) is 6.22. The molecule has 9 nitrogen and oxygen atoms in total. The molecule has 0 bridgehead atoms. The van der Waals surface area contributed by atoms with Gasteiger partial charge in [0.1, 0.15) is 0 Å². The average molecular weight is 379 g/mol. The molecule has 0 fully saturated rings. The summed E-state index contributed by atoms with van der Waals surface area (Å²) >= 11 is 0. The Hall–Kier alpha value is -2.91. The monoisotopic (exact) mass is 379 g/mol. The molecular formula is C18H25N3O6. The van der Waals surface area contributed by atoms with Crippen LogP contribution >= 0.6 is 0 Å². The molecule has 2 aromatic rings. The van der Waals surface area contributed by atoms with E-state index in [1.165, 1.54) is 11.3 Å². The van der Waals surface area contributed by atoms with Gasteiger partial charge in [0.25, 0.3) is 0 Å². The molecule has 0 aliphatic heterocycles. The number of carboxylic acids is 2. The quantitative estimate of drug-likeness (QED) is 0.503. The van der Waals surface area contributed by atoms with Gasteiger partial charge in [-0.05, 0) is 50.1 Å². The number of aromatic nitrogens is 1. The Morgan fingerprint density at radius 2 is 1.85 bits per heavy atom. The Labute approximate surface area is 155 Å². The summed E-state index contributed by atoms with van der Waals surface area (Å²) in [4.78, 5) is 34.0. The van der Waals surface area contributed by atoms with E-state index in [-0.39, 0.29) is 24.2 Å². The van der Waals surface area contributed by atoms with E-state index in [2.05, 4.69) is 10.3 Å². The molecular weight excluding hydrogens is 354 g/mol. The molecule has 1 amide bonds. The van der Waals surface area contributed by atoms with Gasteiger partial charge in [0.05, 0.1) is 12.8 Å². The van der Waals surface area contributed by atoms with Crippen LogP contribution in [0.2, 0.25) is 0 Å². The van der Waals surface area contributed by atoms with Crippen molar-refractivity contribution in [1.82, 2.24) is 10.3 Å². The Kier molecular flexibility index (Phi) is 7.95. The van der Waals surface area contributed by atoms with Gasteiger partial charge in [-0.25, -0.2) is 0 Å². The maximum atomic E-state index is 11.3. The van der Waals surface area contributed by atoms with Gasteiger partial charge >= 0.3 is 11.9 Å². The van der Waals surface area contributed by atoms with Crippen LogP contribution in [0, 0.1) is 0 Å².